The molecule has 1 heterocycles. The zero-order valence-electron chi connectivity index (χ0n) is 16.5. The van der Waals surface area contributed by atoms with Gasteiger partial charge in [0, 0.05) is 9.92 Å². The van der Waals surface area contributed by atoms with Crippen LogP contribution in [0.15, 0.2) is 82.6 Å². The highest BCUT2D eigenvalue weighted by atomic mass is 35.5. The molecule has 4 rings (SSSR count). The SMILES string of the molecule is COc1ccc(C2=C(Sc3ccc(Cl)cc3)C(=O)N(Cc3ccc(F)cc3)C2=O)cc1. The highest BCUT2D eigenvalue weighted by molar-refractivity contribution is 8.04. The standard InChI is InChI=1S/C24H17ClFNO3S/c1-30-19-10-4-16(5-11-19)21-22(31-20-12-6-17(25)7-13-20)24(29)27(23(21)28)14-15-2-8-18(26)9-3-15/h2-13H,14H2,1H3. The molecule has 0 aliphatic carbocycles. The Bertz CT molecular complexity index is 1160. The second kappa shape index (κ2) is 8.96. The molecule has 0 radical (unpaired) electrons. The van der Waals surface area contributed by atoms with Gasteiger partial charge in [0.25, 0.3) is 11.8 Å². The van der Waals surface area contributed by atoms with Crippen LogP contribution in [-0.2, 0) is 16.1 Å². The van der Waals surface area contributed by atoms with Crippen LogP contribution in [0.4, 0.5) is 4.39 Å². The van der Waals surface area contributed by atoms with Crippen LogP contribution in [0.2, 0.25) is 5.02 Å². The van der Waals surface area contributed by atoms with Gasteiger partial charge < -0.3 is 4.74 Å². The number of carbonyl (C=O) groups is 2. The maximum absolute atomic E-state index is 13.3. The molecule has 7 heteroatoms. The monoisotopic (exact) mass is 453 g/mol. The smallest absolute Gasteiger partial charge is 0.268 e. The van der Waals surface area contributed by atoms with E-state index in [0.717, 1.165) is 4.90 Å². The summed E-state index contributed by atoms with van der Waals surface area (Å²) in [6, 6.07) is 19.8. The Kier molecular flexibility index (Phi) is 6.11. The number of halogens is 2. The van der Waals surface area contributed by atoms with Crippen molar-refractivity contribution in [1.82, 2.24) is 4.90 Å². The fraction of sp³-hybridized carbons (Fsp3) is 0.0833. The molecule has 0 N–H and O–H groups in total. The van der Waals surface area contributed by atoms with Crippen LogP contribution in [0, 0.1) is 5.82 Å². The van der Waals surface area contributed by atoms with Crippen LogP contribution in [0.3, 0.4) is 0 Å². The molecule has 0 saturated carbocycles. The average molecular weight is 454 g/mol. The van der Waals surface area contributed by atoms with Gasteiger partial charge in [-0.3, -0.25) is 14.5 Å². The Morgan fingerprint density at radius 1 is 0.903 bits per heavy atom. The van der Waals surface area contributed by atoms with Crippen molar-refractivity contribution >= 4 is 40.8 Å². The first kappa shape index (κ1) is 21.2. The Labute approximate surface area is 188 Å². The van der Waals surface area contributed by atoms with E-state index < -0.39 is 5.91 Å². The number of imide groups is 1. The molecule has 3 aromatic rings. The molecule has 1 aliphatic rings. The van der Waals surface area contributed by atoms with E-state index in [1.165, 1.54) is 28.8 Å². The molecule has 0 saturated heterocycles. The zero-order chi connectivity index (χ0) is 22.0. The lowest BCUT2D eigenvalue weighted by Gasteiger charge is -2.15. The minimum atomic E-state index is -0.393. The predicted octanol–water partition coefficient (Wildman–Crippen LogP) is 5.56. The fourth-order valence-corrected chi connectivity index (χ4v) is 4.34. The van der Waals surface area contributed by atoms with E-state index in [-0.39, 0.29) is 18.3 Å². The van der Waals surface area contributed by atoms with Crippen molar-refractivity contribution < 1.29 is 18.7 Å². The van der Waals surface area contributed by atoms with E-state index in [1.54, 1.807) is 67.8 Å². The van der Waals surface area contributed by atoms with E-state index >= 15 is 0 Å². The largest absolute Gasteiger partial charge is 0.497 e. The Balaban J connectivity index is 1.72. The van der Waals surface area contributed by atoms with Gasteiger partial charge in [0.2, 0.25) is 0 Å². The van der Waals surface area contributed by atoms with Crippen molar-refractivity contribution in [3.05, 3.63) is 99.7 Å². The Morgan fingerprint density at radius 3 is 2.16 bits per heavy atom. The van der Waals surface area contributed by atoms with Gasteiger partial charge in [-0.25, -0.2) is 4.39 Å². The van der Waals surface area contributed by atoms with Crippen molar-refractivity contribution in [1.29, 1.82) is 0 Å². The van der Waals surface area contributed by atoms with Crippen LogP contribution in [0.5, 0.6) is 5.75 Å². The highest BCUT2D eigenvalue weighted by Crippen LogP contribution is 2.40. The third-order valence-electron chi connectivity index (χ3n) is 4.79. The first-order valence-corrected chi connectivity index (χ1v) is 10.6. The number of thioether (sulfide) groups is 1. The number of amides is 2. The zero-order valence-corrected chi connectivity index (χ0v) is 18.0. The summed E-state index contributed by atoms with van der Waals surface area (Å²) in [6.45, 7) is 0.0578. The second-order valence-corrected chi connectivity index (χ2v) is 8.33. The van der Waals surface area contributed by atoms with Crippen LogP contribution >= 0.6 is 23.4 Å². The molecule has 0 spiro atoms. The van der Waals surface area contributed by atoms with Crippen LogP contribution in [0.25, 0.3) is 5.57 Å². The van der Waals surface area contributed by atoms with E-state index in [2.05, 4.69) is 0 Å². The summed E-state index contributed by atoms with van der Waals surface area (Å²) in [7, 11) is 1.56. The van der Waals surface area contributed by atoms with Crippen LogP contribution in [-0.4, -0.2) is 23.8 Å². The van der Waals surface area contributed by atoms with Gasteiger partial charge in [0.1, 0.15) is 11.6 Å². The summed E-state index contributed by atoms with van der Waals surface area (Å²) >= 11 is 7.19. The third kappa shape index (κ3) is 4.50. The molecule has 0 fully saturated rings. The van der Waals surface area contributed by atoms with Gasteiger partial charge in [0.15, 0.2) is 0 Å². The van der Waals surface area contributed by atoms with Crippen molar-refractivity contribution in [2.75, 3.05) is 7.11 Å². The molecular formula is C24H17ClFNO3S. The number of benzene rings is 3. The molecular weight excluding hydrogens is 437 g/mol. The molecule has 4 nitrogen and oxygen atoms in total. The lowest BCUT2D eigenvalue weighted by molar-refractivity contribution is -0.137. The number of rotatable bonds is 6. The summed E-state index contributed by atoms with van der Waals surface area (Å²) < 4.78 is 18.4. The number of carbonyl (C=O) groups excluding carboxylic acids is 2. The van der Waals surface area contributed by atoms with Gasteiger partial charge in [-0.15, -0.1) is 0 Å². The Morgan fingerprint density at radius 2 is 1.55 bits per heavy atom. The first-order chi connectivity index (χ1) is 15.0. The van der Waals surface area contributed by atoms with Crippen molar-refractivity contribution in [2.45, 2.75) is 11.4 Å². The fourth-order valence-electron chi connectivity index (χ4n) is 3.20. The van der Waals surface area contributed by atoms with Gasteiger partial charge in [-0.1, -0.05) is 47.6 Å². The van der Waals surface area contributed by atoms with E-state index in [9.17, 15) is 14.0 Å². The van der Waals surface area contributed by atoms with Crippen LogP contribution in [0.1, 0.15) is 11.1 Å². The van der Waals surface area contributed by atoms with E-state index in [4.69, 9.17) is 16.3 Å². The molecule has 31 heavy (non-hydrogen) atoms. The van der Waals surface area contributed by atoms with Gasteiger partial charge >= 0.3 is 0 Å². The normalized spacial score (nSPS) is 13.8. The molecule has 1 aliphatic heterocycles. The average Bonchev–Trinajstić information content (AvgIpc) is 3.01. The maximum Gasteiger partial charge on any atom is 0.268 e. The summed E-state index contributed by atoms with van der Waals surface area (Å²) in [5.41, 5.74) is 1.61. The number of nitrogens with zero attached hydrogens (tertiary/aromatic N) is 1. The summed E-state index contributed by atoms with van der Waals surface area (Å²) in [4.78, 5) is 28.9. The minimum Gasteiger partial charge on any atom is -0.497 e. The molecule has 3 aromatic carbocycles. The number of hydrogen-bond donors (Lipinski definition) is 0. The van der Waals surface area contributed by atoms with Gasteiger partial charge in [-0.2, -0.15) is 0 Å². The molecule has 0 unspecified atom stereocenters. The number of ether oxygens (including phenoxy) is 1. The van der Waals surface area contributed by atoms with Gasteiger partial charge in [0.05, 0.1) is 24.1 Å². The molecule has 0 aromatic heterocycles. The third-order valence-corrected chi connectivity index (χ3v) is 6.13. The van der Waals surface area contributed by atoms with E-state index in [0.29, 0.717) is 32.4 Å². The molecule has 0 bridgehead atoms. The number of hydrogen-bond acceptors (Lipinski definition) is 4. The molecule has 2 amide bonds. The van der Waals surface area contributed by atoms with Crippen molar-refractivity contribution in [2.24, 2.45) is 0 Å². The lowest BCUT2D eigenvalue weighted by atomic mass is 10.1. The minimum absolute atomic E-state index is 0.0578. The predicted molar refractivity (Wildman–Crippen MR) is 119 cm³/mol. The second-order valence-electron chi connectivity index (χ2n) is 6.81. The summed E-state index contributed by atoms with van der Waals surface area (Å²) in [6.07, 6.45) is 0. The van der Waals surface area contributed by atoms with Crippen molar-refractivity contribution in [3.63, 3.8) is 0 Å². The first-order valence-electron chi connectivity index (χ1n) is 9.39. The topological polar surface area (TPSA) is 46.6 Å². The van der Waals surface area contributed by atoms with Crippen LogP contribution < -0.4 is 4.74 Å². The maximum atomic E-state index is 13.3. The quantitative estimate of drug-likeness (QED) is 0.458. The summed E-state index contributed by atoms with van der Waals surface area (Å²) in [5.74, 6) is -0.508. The lowest BCUT2D eigenvalue weighted by Crippen LogP contribution is -2.30. The number of methoxy groups -OCH3 is 1. The molecule has 0 atom stereocenters. The Hall–Kier alpha value is -3.09. The molecule has 156 valence electrons. The van der Waals surface area contributed by atoms with E-state index in [1.807, 2.05) is 0 Å². The van der Waals surface area contributed by atoms with Crippen molar-refractivity contribution in [3.8, 4) is 5.75 Å². The summed E-state index contributed by atoms with van der Waals surface area (Å²) in [5, 5.41) is 0.584. The highest BCUT2D eigenvalue weighted by Gasteiger charge is 2.39. The van der Waals surface area contributed by atoms with Gasteiger partial charge in [-0.05, 0) is 59.7 Å².